The Morgan fingerprint density at radius 1 is 1.21 bits per heavy atom. The third kappa shape index (κ3) is 4.69. The molecule has 0 fully saturated rings. The van der Waals surface area contributed by atoms with Gasteiger partial charge in [-0.3, -0.25) is 4.79 Å². The van der Waals surface area contributed by atoms with Gasteiger partial charge in [0.05, 0.1) is 23.7 Å². The minimum atomic E-state index is -3.94. The number of nitrogens with one attached hydrogen (secondary N) is 2. The summed E-state index contributed by atoms with van der Waals surface area (Å²) in [5.41, 5.74) is 1.87. The Hall–Kier alpha value is -3.04. The number of fused-ring (bicyclic) bond motifs is 1. The second-order valence-electron chi connectivity index (χ2n) is 6.78. The highest BCUT2D eigenvalue weighted by Crippen LogP contribution is 2.25. The summed E-state index contributed by atoms with van der Waals surface area (Å²) in [6.07, 6.45) is 1.86. The number of benzene rings is 2. The Kier molecular flexibility index (Phi) is 5.81. The van der Waals surface area contributed by atoms with Crippen LogP contribution in [0.25, 0.3) is 10.9 Å². The number of nitrogens with two attached hydrogens (primary N) is 1. The SMILES string of the molecule is COc1ccc(S(N)(=O)=O)cc1C(=O)NCc1c[nH]c2ccc(OC(C)C)cc12. The zero-order chi connectivity index (χ0) is 21.2. The predicted octanol–water partition coefficient (Wildman–Crippen LogP) is 2.54. The standard InChI is InChI=1S/C20H23N3O5S/c1-12(2)28-14-4-6-18-16(8-14)13(10-22-18)11-23-20(24)17-9-15(29(21,25)26)5-7-19(17)27-3/h4-10,12,22H,11H2,1-3H3,(H,23,24)(H2,21,25,26). The Labute approximate surface area is 169 Å². The van der Waals surface area contributed by atoms with Gasteiger partial charge in [-0.05, 0) is 55.8 Å². The normalized spacial score (nSPS) is 11.6. The number of carbonyl (C=O) groups is 1. The lowest BCUT2D eigenvalue weighted by Crippen LogP contribution is -2.24. The van der Waals surface area contributed by atoms with Gasteiger partial charge in [-0.15, -0.1) is 0 Å². The van der Waals surface area contributed by atoms with Gasteiger partial charge >= 0.3 is 0 Å². The summed E-state index contributed by atoms with van der Waals surface area (Å²) in [5.74, 6) is 0.514. The molecular formula is C20H23N3O5S. The molecule has 0 spiro atoms. The van der Waals surface area contributed by atoms with E-state index in [0.29, 0.717) is 0 Å². The summed E-state index contributed by atoms with van der Waals surface area (Å²) < 4.78 is 34.1. The Balaban J connectivity index is 1.84. The highest BCUT2D eigenvalue weighted by molar-refractivity contribution is 7.89. The smallest absolute Gasteiger partial charge is 0.255 e. The summed E-state index contributed by atoms with van der Waals surface area (Å²) in [5, 5.41) is 8.88. The average Bonchev–Trinajstić information content (AvgIpc) is 3.06. The molecule has 0 aliphatic rings. The van der Waals surface area contributed by atoms with Crippen molar-refractivity contribution in [2.24, 2.45) is 5.14 Å². The van der Waals surface area contributed by atoms with Gasteiger partial charge < -0.3 is 19.8 Å². The second kappa shape index (κ2) is 8.14. The first kappa shape index (κ1) is 20.7. The van der Waals surface area contributed by atoms with Gasteiger partial charge in [0.1, 0.15) is 11.5 Å². The first-order chi connectivity index (χ1) is 13.7. The topological polar surface area (TPSA) is 124 Å². The van der Waals surface area contributed by atoms with Crippen molar-refractivity contribution in [3.8, 4) is 11.5 Å². The number of aromatic nitrogens is 1. The quantitative estimate of drug-likeness (QED) is 0.545. The van der Waals surface area contributed by atoms with Crippen molar-refractivity contribution < 1.29 is 22.7 Å². The molecule has 8 nitrogen and oxygen atoms in total. The Morgan fingerprint density at radius 2 is 1.97 bits per heavy atom. The molecule has 3 aromatic rings. The molecule has 9 heteroatoms. The average molecular weight is 417 g/mol. The molecular weight excluding hydrogens is 394 g/mol. The molecule has 29 heavy (non-hydrogen) atoms. The van der Waals surface area contributed by atoms with Crippen LogP contribution in [-0.4, -0.2) is 32.5 Å². The van der Waals surface area contributed by atoms with E-state index in [2.05, 4.69) is 10.3 Å². The molecule has 154 valence electrons. The van der Waals surface area contributed by atoms with Crippen molar-refractivity contribution in [2.75, 3.05) is 7.11 Å². The number of sulfonamides is 1. The minimum Gasteiger partial charge on any atom is -0.496 e. The van der Waals surface area contributed by atoms with Crippen LogP contribution in [0.1, 0.15) is 29.8 Å². The second-order valence-corrected chi connectivity index (χ2v) is 8.34. The monoisotopic (exact) mass is 417 g/mol. The number of rotatable bonds is 7. The molecule has 1 amide bonds. The number of primary sulfonamides is 1. The van der Waals surface area contributed by atoms with E-state index in [0.717, 1.165) is 22.2 Å². The highest BCUT2D eigenvalue weighted by Gasteiger charge is 2.18. The number of hydrogen-bond acceptors (Lipinski definition) is 5. The lowest BCUT2D eigenvalue weighted by Gasteiger charge is -2.11. The Morgan fingerprint density at radius 3 is 2.62 bits per heavy atom. The molecule has 0 unspecified atom stereocenters. The fourth-order valence-electron chi connectivity index (χ4n) is 2.96. The van der Waals surface area contributed by atoms with E-state index in [1.54, 1.807) is 0 Å². The van der Waals surface area contributed by atoms with E-state index in [9.17, 15) is 13.2 Å². The molecule has 0 aliphatic heterocycles. The largest absolute Gasteiger partial charge is 0.496 e. The van der Waals surface area contributed by atoms with Crippen LogP contribution in [0, 0.1) is 0 Å². The van der Waals surface area contributed by atoms with Crippen molar-refractivity contribution in [3.63, 3.8) is 0 Å². The van der Waals surface area contributed by atoms with E-state index >= 15 is 0 Å². The zero-order valence-electron chi connectivity index (χ0n) is 16.4. The van der Waals surface area contributed by atoms with Crippen molar-refractivity contribution in [2.45, 2.75) is 31.4 Å². The van der Waals surface area contributed by atoms with Gasteiger partial charge in [-0.25, -0.2) is 13.6 Å². The molecule has 0 saturated heterocycles. The van der Waals surface area contributed by atoms with Gasteiger partial charge in [0.2, 0.25) is 10.0 Å². The van der Waals surface area contributed by atoms with Gasteiger partial charge in [-0.1, -0.05) is 0 Å². The fourth-order valence-corrected chi connectivity index (χ4v) is 3.50. The van der Waals surface area contributed by atoms with Crippen LogP contribution in [0.4, 0.5) is 0 Å². The molecule has 0 aliphatic carbocycles. The minimum absolute atomic E-state index is 0.0492. The number of methoxy groups -OCH3 is 1. The molecule has 0 atom stereocenters. The zero-order valence-corrected chi connectivity index (χ0v) is 17.2. The first-order valence-electron chi connectivity index (χ1n) is 8.94. The molecule has 0 bridgehead atoms. The molecule has 1 heterocycles. The number of amides is 1. The van der Waals surface area contributed by atoms with Gasteiger partial charge in [0, 0.05) is 23.6 Å². The number of hydrogen-bond donors (Lipinski definition) is 3. The number of H-pyrrole nitrogens is 1. The van der Waals surface area contributed by atoms with E-state index in [1.165, 1.54) is 25.3 Å². The summed E-state index contributed by atoms with van der Waals surface area (Å²) >= 11 is 0. The van der Waals surface area contributed by atoms with Crippen molar-refractivity contribution in [1.29, 1.82) is 0 Å². The van der Waals surface area contributed by atoms with Crippen LogP contribution in [0.2, 0.25) is 0 Å². The van der Waals surface area contributed by atoms with E-state index in [4.69, 9.17) is 14.6 Å². The Bertz CT molecular complexity index is 1150. The third-order valence-electron chi connectivity index (χ3n) is 4.29. The van der Waals surface area contributed by atoms with Crippen LogP contribution in [0.3, 0.4) is 0 Å². The predicted molar refractivity (Wildman–Crippen MR) is 110 cm³/mol. The number of ether oxygens (including phenoxy) is 2. The summed E-state index contributed by atoms with van der Waals surface area (Å²) in [6.45, 7) is 4.13. The summed E-state index contributed by atoms with van der Waals surface area (Å²) in [4.78, 5) is 15.7. The maximum Gasteiger partial charge on any atom is 0.255 e. The van der Waals surface area contributed by atoms with Gasteiger partial charge in [0.15, 0.2) is 0 Å². The van der Waals surface area contributed by atoms with Crippen LogP contribution >= 0.6 is 0 Å². The third-order valence-corrected chi connectivity index (χ3v) is 5.21. The lowest BCUT2D eigenvalue weighted by atomic mass is 10.1. The van der Waals surface area contributed by atoms with E-state index in [-0.39, 0.29) is 28.9 Å². The van der Waals surface area contributed by atoms with Crippen LogP contribution in [-0.2, 0) is 16.6 Å². The molecule has 3 rings (SSSR count). The van der Waals surface area contributed by atoms with E-state index in [1.807, 2.05) is 38.2 Å². The molecule has 4 N–H and O–H groups in total. The van der Waals surface area contributed by atoms with Crippen molar-refractivity contribution >= 4 is 26.8 Å². The van der Waals surface area contributed by atoms with Crippen LogP contribution < -0.4 is 19.9 Å². The van der Waals surface area contributed by atoms with Crippen molar-refractivity contribution in [1.82, 2.24) is 10.3 Å². The van der Waals surface area contributed by atoms with E-state index < -0.39 is 15.9 Å². The maximum atomic E-state index is 12.7. The highest BCUT2D eigenvalue weighted by atomic mass is 32.2. The van der Waals surface area contributed by atoms with Gasteiger partial charge in [-0.2, -0.15) is 0 Å². The molecule has 0 saturated carbocycles. The molecule has 1 aromatic heterocycles. The summed E-state index contributed by atoms with van der Waals surface area (Å²) in [6, 6.07) is 9.60. The van der Waals surface area contributed by atoms with Crippen LogP contribution in [0.15, 0.2) is 47.5 Å². The maximum absolute atomic E-state index is 12.7. The summed E-state index contributed by atoms with van der Waals surface area (Å²) in [7, 11) is -2.54. The number of aromatic amines is 1. The lowest BCUT2D eigenvalue weighted by molar-refractivity contribution is 0.0948. The fraction of sp³-hybridized carbons (Fsp3) is 0.250. The van der Waals surface area contributed by atoms with Crippen molar-refractivity contribution in [3.05, 3.63) is 53.7 Å². The first-order valence-corrected chi connectivity index (χ1v) is 10.5. The van der Waals surface area contributed by atoms with Gasteiger partial charge in [0.25, 0.3) is 5.91 Å². The molecule has 0 radical (unpaired) electrons. The molecule has 2 aromatic carbocycles. The van der Waals surface area contributed by atoms with Crippen LogP contribution in [0.5, 0.6) is 11.5 Å². The number of carbonyl (C=O) groups excluding carboxylic acids is 1.